The van der Waals surface area contributed by atoms with E-state index in [0.29, 0.717) is 28.2 Å². The van der Waals surface area contributed by atoms with Crippen molar-refractivity contribution in [3.05, 3.63) is 58.4 Å². The second-order valence-corrected chi connectivity index (χ2v) is 10.6. The minimum absolute atomic E-state index is 0.197. The van der Waals surface area contributed by atoms with Gasteiger partial charge in [0.1, 0.15) is 11.3 Å². The van der Waals surface area contributed by atoms with Crippen LogP contribution in [0.5, 0.6) is 0 Å². The summed E-state index contributed by atoms with van der Waals surface area (Å²) in [4.78, 5) is 16.7. The predicted molar refractivity (Wildman–Crippen MR) is 113 cm³/mol. The molecule has 0 aliphatic carbocycles. The lowest BCUT2D eigenvalue weighted by Gasteiger charge is -2.11. The molecule has 28 heavy (non-hydrogen) atoms. The molecule has 0 saturated carbocycles. The van der Waals surface area contributed by atoms with Gasteiger partial charge in [-0.25, -0.2) is 13.4 Å². The maximum Gasteiger partial charge on any atom is 0.239 e. The van der Waals surface area contributed by atoms with E-state index in [0.717, 1.165) is 4.47 Å². The predicted octanol–water partition coefficient (Wildman–Crippen LogP) is 4.44. The Hall–Kier alpha value is -2.19. The van der Waals surface area contributed by atoms with Gasteiger partial charge in [0.05, 0.1) is 5.75 Å². The third kappa shape index (κ3) is 5.20. The van der Waals surface area contributed by atoms with Crippen LogP contribution < -0.4 is 5.32 Å². The Balaban J connectivity index is 1.70. The molecule has 1 N–H and O–H groups in total. The van der Waals surface area contributed by atoms with E-state index in [9.17, 15) is 13.2 Å². The van der Waals surface area contributed by atoms with Crippen molar-refractivity contribution in [2.45, 2.75) is 31.9 Å². The molecule has 0 spiro atoms. The van der Waals surface area contributed by atoms with Crippen LogP contribution in [0.3, 0.4) is 0 Å². The van der Waals surface area contributed by atoms with Gasteiger partial charge in [-0.3, -0.25) is 4.79 Å². The van der Waals surface area contributed by atoms with Gasteiger partial charge < -0.3 is 9.73 Å². The molecule has 3 aromatic rings. The summed E-state index contributed by atoms with van der Waals surface area (Å²) in [5, 5.41) is 2.63. The first-order valence-electron chi connectivity index (χ1n) is 8.68. The Morgan fingerprint density at radius 1 is 1.18 bits per heavy atom. The molecule has 1 aromatic heterocycles. The van der Waals surface area contributed by atoms with Crippen LogP contribution in [0.4, 0.5) is 5.69 Å². The summed E-state index contributed by atoms with van der Waals surface area (Å²) in [6.45, 7) is 5.99. The number of nitrogens with zero attached hydrogens (tertiary/aromatic N) is 1. The van der Waals surface area contributed by atoms with Crippen LogP contribution in [0.1, 0.15) is 32.2 Å². The third-order valence-electron chi connectivity index (χ3n) is 3.94. The SMILES string of the molecule is CC(C)(C)c1nc2cc(NC(=O)CS(=O)(=O)Cc3cccc(Br)c3)ccc2o1. The quantitative estimate of drug-likeness (QED) is 0.602. The lowest BCUT2D eigenvalue weighted by molar-refractivity contribution is -0.113. The van der Waals surface area contributed by atoms with E-state index in [2.05, 4.69) is 26.2 Å². The molecule has 0 unspecified atom stereocenters. The number of amides is 1. The van der Waals surface area contributed by atoms with E-state index in [4.69, 9.17) is 4.42 Å². The molecule has 0 aliphatic rings. The van der Waals surface area contributed by atoms with Gasteiger partial charge in [0, 0.05) is 15.6 Å². The highest BCUT2D eigenvalue weighted by Crippen LogP contribution is 2.27. The van der Waals surface area contributed by atoms with Crippen LogP contribution >= 0.6 is 15.9 Å². The second kappa shape index (κ2) is 7.67. The molecule has 1 amide bonds. The van der Waals surface area contributed by atoms with Crippen LogP contribution in [0.15, 0.2) is 51.4 Å². The Kier molecular flexibility index (Phi) is 5.63. The van der Waals surface area contributed by atoms with Crippen LogP contribution in [0.25, 0.3) is 11.1 Å². The Morgan fingerprint density at radius 2 is 1.93 bits per heavy atom. The average Bonchev–Trinajstić information content (AvgIpc) is 2.97. The number of carbonyl (C=O) groups excluding carboxylic acids is 1. The van der Waals surface area contributed by atoms with Gasteiger partial charge in [-0.05, 0) is 35.9 Å². The number of halogens is 1. The van der Waals surface area contributed by atoms with Crippen molar-refractivity contribution in [3.63, 3.8) is 0 Å². The van der Waals surface area contributed by atoms with Crippen molar-refractivity contribution in [2.24, 2.45) is 0 Å². The number of oxazole rings is 1. The lowest BCUT2D eigenvalue weighted by Crippen LogP contribution is -2.23. The van der Waals surface area contributed by atoms with Crippen molar-refractivity contribution >= 4 is 48.5 Å². The molecule has 0 bridgehead atoms. The van der Waals surface area contributed by atoms with Crippen LogP contribution in [0, 0.1) is 0 Å². The van der Waals surface area contributed by atoms with Gasteiger partial charge >= 0.3 is 0 Å². The van der Waals surface area contributed by atoms with E-state index >= 15 is 0 Å². The average molecular weight is 465 g/mol. The molecule has 6 nitrogen and oxygen atoms in total. The summed E-state index contributed by atoms with van der Waals surface area (Å²) in [5.74, 6) is -0.780. The molecule has 8 heteroatoms. The zero-order chi connectivity index (χ0) is 20.5. The Morgan fingerprint density at radius 3 is 2.61 bits per heavy atom. The van der Waals surface area contributed by atoms with Gasteiger partial charge in [0.15, 0.2) is 15.4 Å². The minimum atomic E-state index is -3.60. The molecule has 0 aliphatic heterocycles. The molecular weight excluding hydrogens is 444 g/mol. The highest BCUT2D eigenvalue weighted by molar-refractivity contribution is 9.10. The fourth-order valence-corrected chi connectivity index (χ4v) is 4.36. The number of fused-ring (bicyclic) bond motifs is 1. The van der Waals surface area contributed by atoms with E-state index < -0.39 is 21.5 Å². The van der Waals surface area contributed by atoms with Gasteiger partial charge in [-0.15, -0.1) is 0 Å². The Labute approximate surface area is 172 Å². The normalized spacial score (nSPS) is 12.3. The molecule has 148 valence electrons. The number of hydrogen-bond donors (Lipinski definition) is 1. The van der Waals surface area contributed by atoms with E-state index in [-0.39, 0.29) is 11.2 Å². The first-order chi connectivity index (χ1) is 13.0. The second-order valence-electron chi connectivity index (χ2n) is 7.66. The summed E-state index contributed by atoms with van der Waals surface area (Å²) in [5.41, 5.74) is 2.10. The third-order valence-corrected chi connectivity index (χ3v) is 5.91. The minimum Gasteiger partial charge on any atom is -0.440 e. The molecule has 3 rings (SSSR count). The molecule has 2 aromatic carbocycles. The zero-order valence-electron chi connectivity index (χ0n) is 15.8. The van der Waals surface area contributed by atoms with Crippen molar-refractivity contribution in [1.29, 1.82) is 0 Å². The number of rotatable bonds is 5. The van der Waals surface area contributed by atoms with E-state index in [1.807, 2.05) is 26.8 Å². The molecule has 0 fully saturated rings. The smallest absolute Gasteiger partial charge is 0.239 e. The van der Waals surface area contributed by atoms with Crippen molar-refractivity contribution in [3.8, 4) is 0 Å². The van der Waals surface area contributed by atoms with Gasteiger partial charge in [0.2, 0.25) is 11.8 Å². The molecule has 1 heterocycles. The summed E-state index contributed by atoms with van der Waals surface area (Å²) in [6, 6.07) is 12.1. The Bertz CT molecular complexity index is 1130. The highest BCUT2D eigenvalue weighted by Gasteiger charge is 2.22. The van der Waals surface area contributed by atoms with Crippen molar-refractivity contribution < 1.29 is 17.6 Å². The van der Waals surface area contributed by atoms with Crippen molar-refractivity contribution in [2.75, 3.05) is 11.1 Å². The zero-order valence-corrected chi connectivity index (χ0v) is 18.2. The number of sulfone groups is 1. The van der Waals surface area contributed by atoms with Crippen LogP contribution in [-0.4, -0.2) is 25.1 Å². The number of aromatic nitrogens is 1. The molecule has 0 atom stereocenters. The number of carbonyl (C=O) groups is 1. The van der Waals surface area contributed by atoms with Crippen LogP contribution in [0.2, 0.25) is 0 Å². The largest absolute Gasteiger partial charge is 0.440 e. The standard InChI is InChI=1S/C20H21BrN2O4S/c1-20(2,3)19-23-16-10-15(7-8-17(16)27-19)22-18(24)12-28(25,26)11-13-5-4-6-14(21)9-13/h4-10H,11-12H2,1-3H3,(H,22,24). The van der Waals surface area contributed by atoms with E-state index in [1.54, 1.807) is 36.4 Å². The maximum absolute atomic E-state index is 12.3. The first-order valence-corrected chi connectivity index (χ1v) is 11.3. The van der Waals surface area contributed by atoms with Gasteiger partial charge in [-0.1, -0.05) is 48.8 Å². The highest BCUT2D eigenvalue weighted by atomic mass is 79.9. The monoisotopic (exact) mass is 464 g/mol. The number of nitrogens with one attached hydrogen (secondary N) is 1. The van der Waals surface area contributed by atoms with Gasteiger partial charge in [0.25, 0.3) is 0 Å². The van der Waals surface area contributed by atoms with Crippen LogP contribution in [-0.2, 0) is 25.8 Å². The molecule has 0 saturated heterocycles. The van der Waals surface area contributed by atoms with E-state index in [1.165, 1.54) is 0 Å². The van der Waals surface area contributed by atoms with Crippen molar-refractivity contribution in [1.82, 2.24) is 4.98 Å². The summed E-state index contributed by atoms with van der Waals surface area (Å²) in [6.07, 6.45) is 0. The lowest BCUT2D eigenvalue weighted by atomic mass is 9.97. The van der Waals surface area contributed by atoms with Gasteiger partial charge in [-0.2, -0.15) is 0 Å². The maximum atomic E-state index is 12.3. The fraction of sp³-hybridized carbons (Fsp3) is 0.300. The number of hydrogen-bond acceptors (Lipinski definition) is 5. The molecule has 0 radical (unpaired) electrons. The topological polar surface area (TPSA) is 89.3 Å². The number of anilines is 1. The summed E-state index contributed by atoms with van der Waals surface area (Å²) in [7, 11) is -3.60. The number of benzene rings is 2. The first kappa shape index (κ1) is 20.5. The fourth-order valence-electron chi connectivity index (χ4n) is 2.65. The molecular formula is C20H21BrN2O4S. The summed E-state index contributed by atoms with van der Waals surface area (Å²) >= 11 is 3.31. The summed E-state index contributed by atoms with van der Waals surface area (Å²) < 4.78 is 31.2.